The Morgan fingerprint density at radius 1 is 1.25 bits per heavy atom. The highest BCUT2D eigenvalue weighted by atomic mass is 15.5. The predicted molar refractivity (Wildman–Crippen MR) is 80.3 cm³/mol. The molecular weight excluding hydrogens is 250 g/mol. The van der Waals surface area contributed by atoms with E-state index in [9.17, 15) is 0 Å². The van der Waals surface area contributed by atoms with Crippen molar-refractivity contribution in [3.63, 3.8) is 0 Å². The van der Waals surface area contributed by atoms with E-state index < -0.39 is 0 Å². The number of hydrogen-bond acceptors (Lipinski definition) is 3. The molecular formula is C15H19N5. The third-order valence-corrected chi connectivity index (χ3v) is 4.24. The largest absolute Gasteiger partial charge is 0.358 e. The topological polar surface area (TPSA) is 57.1 Å². The number of hydrogen-bond donors (Lipinski definition) is 3. The lowest BCUT2D eigenvalue weighted by Crippen LogP contribution is -2.44. The molecule has 3 atom stereocenters. The molecule has 104 valence electrons. The Morgan fingerprint density at radius 3 is 3.00 bits per heavy atom. The van der Waals surface area contributed by atoms with Gasteiger partial charge in [0.15, 0.2) is 6.29 Å². The smallest absolute Gasteiger partial charge is 0.173 e. The van der Waals surface area contributed by atoms with Crippen molar-refractivity contribution in [3.8, 4) is 0 Å². The number of rotatable bonds is 2. The van der Waals surface area contributed by atoms with Crippen molar-refractivity contribution in [2.24, 2.45) is 16.8 Å². The average Bonchev–Trinajstić information content (AvgIpc) is 2.50. The van der Waals surface area contributed by atoms with E-state index in [2.05, 4.69) is 55.8 Å². The Kier molecular flexibility index (Phi) is 2.85. The third-order valence-electron chi connectivity index (χ3n) is 4.24. The first-order valence-electron chi connectivity index (χ1n) is 7.20. The van der Waals surface area contributed by atoms with Gasteiger partial charge in [0.05, 0.1) is 11.4 Å². The van der Waals surface area contributed by atoms with E-state index in [-0.39, 0.29) is 6.29 Å². The fourth-order valence-corrected chi connectivity index (χ4v) is 3.10. The minimum absolute atomic E-state index is 0.138. The zero-order chi connectivity index (χ0) is 13.4. The van der Waals surface area contributed by atoms with Crippen LogP contribution < -0.4 is 10.6 Å². The fourth-order valence-electron chi connectivity index (χ4n) is 3.10. The van der Waals surface area contributed by atoms with Crippen molar-refractivity contribution in [1.29, 1.82) is 0 Å². The van der Waals surface area contributed by atoms with Crippen LogP contribution in [0.3, 0.4) is 0 Å². The highest BCUT2D eigenvalue weighted by molar-refractivity contribution is 5.72. The normalized spacial score (nSPS) is 31.3. The molecule has 3 unspecified atom stereocenters. The average molecular weight is 269 g/mol. The molecule has 5 heteroatoms. The van der Waals surface area contributed by atoms with Crippen LogP contribution in [0.1, 0.15) is 17.7 Å². The van der Waals surface area contributed by atoms with E-state index >= 15 is 0 Å². The number of aromatic amines is 1. The second kappa shape index (κ2) is 4.83. The van der Waals surface area contributed by atoms with E-state index in [1.54, 1.807) is 0 Å². The zero-order valence-corrected chi connectivity index (χ0v) is 11.3. The van der Waals surface area contributed by atoms with Crippen molar-refractivity contribution in [2.75, 3.05) is 13.1 Å². The number of nitrogens with one attached hydrogen (secondary N) is 3. The van der Waals surface area contributed by atoms with Gasteiger partial charge in [-0.1, -0.05) is 18.2 Å². The van der Waals surface area contributed by atoms with Gasteiger partial charge in [-0.3, -0.25) is 15.4 Å². The van der Waals surface area contributed by atoms with Gasteiger partial charge < -0.3 is 5.32 Å². The molecule has 1 aliphatic carbocycles. The molecule has 1 aromatic heterocycles. The summed E-state index contributed by atoms with van der Waals surface area (Å²) in [5.74, 6) is 1.10. The summed E-state index contributed by atoms with van der Waals surface area (Å²) in [5, 5.41) is 10.2. The molecule has 0 saturated carbocycles. The van der Waals surface area contributed by atoms with Gasteiger partial charge in [-0.05, 0) is 30.7 Å². The summed E-state index contributed by atoms with van der Waals surface area (Å²) in [6.07, 6.45) is 16.1. The standard InChI is InChI=1S/C15H19N5/c1-3-12(10-16-6-1)11-4-5-14-13(9-11)19-20(14)15-17-7-2-8-18-15/h1-7,11-12,15,17-19H,8-10H2. The van der Waals surface area contributed by atoms with E-state index in [0.717, 1.165) is 19.5 Å². The Bertz CT molecular complexity index is 601. The van der Waals surface area contributed by atoms with Crippen LogP contribution in [-0.4, -0.2) is 29.1 Å². The lowest BCUT2D eigenvalue weighted by atomic mass is 9.83. The Hall–Kier alpha value is -2.01. The molecule has 5 nitrogen and oxygen atoms in total. The zero-order valence-electron chi connectivity index (χ0n) is 11.3. The van der Waals surface area contributed by atoms with Gasteiger partial charge in [-0.25, -0.2) is 4.68 Å². The van der Waals surface area contributed by atoms with Crippen LogP contribution in [0, 0.1) is 11.8 Å². The minimum atomic E-state index is 0.138. The number of H-pyrrole nitrogens is 1. The van der Waals surface area contributed by atoms with Gasteiger partial charge in [-0.2, -0.15) is 0 Å². The third kappa shape index (κ3) is 1.94. The van der Waals surface area contributed by atoms with Gasteiger partial charge in [0, 0.05) is 25.2 Å². The SMILES string of the molecule is C1=CC(C2C=Cc3c([nH]n3C3NC=CCN3)C2)CN=C1. The van der Waals surface area contributed by atoms with Crippen LogP contribution >= 0.6 is 0 Å². The van der Waals surface area contributed by atoms with Gasteiger partial charge >= 0.3 is 0 Å². The molecule has 0 radical (unpaired) electrons. The Morgan fingerprint density at radius 2 is 2.25 bits per heavy atom. The van der Waals surface area contributed by atoms with E-state index in [1.807, 2.05) is 12.4 Å². The van der Waals surface area contributed by atoms with E-state index in [1.165, 1.54) is 11.4 Å². The molecule has 0 spiro atoms. The van der Waals surface area contributed by atoms with Gasteiger partial charge in [0.2, 0.25) is 0 Å². The molecule has 4 rings (SSSR count). The van der Waals surface area contributed by atoms with Crippen LogP contribution in [0.25, 0.3) is 6.08 Å². The summed E-state index contributed by atoms with van der Waals surface area (Å²) in [5.41, 5.74) is 2.64. The summed E-state index contributed by atoms with van der Waals surface area (Å²) < 4.78 is 2.15. The lowest BCUT2D eigenvalue weighted by molar-refractivity contribution is 0.302. The summed E-state index contributed by atoms with van der Waals surface area (Å²) in [4.78, 5) is 4.36. The molecule has 3 aliphatic rings. The molecule has 3 heterocycles. The first kappa shape index (κ1) is 11.8. The second-order valence-corrected chi connectivity index (χ2v) is 5.52. The predicted octanol–water partition coefficient (Wildman–Crippen LogP) is 1.42. The second-order valence-electron chi connectivity index (χ2n) is 5.52. The summed E-state index contributed by atoms with van der Waals surface area (Å²) in [6, 6.07) is 0. The lowest BCUT2D eigenvalue weighted by Gasteiger charge is -2.35. The number of aliphatic imine (C=N–C) groups is 1. The minimum Gasteiger partial charge on any atom is -0.358 e. The summed E-state index contributed by atoms with van der Waals surface area (Å²) in [6.45, 7) is 1.81. The molecule has 2 aliphatic heterocycles. The highest BCUT2D eigenvalue weighted by Gasteiger charge is 2.27. The number of fused-ring (bicyclic) bond motifs is 1. The van der Waals surface area contributed by atoms with Crippen LogP contribution in [0.15, 0.2) is 35.5 Å². The maximum atomic E-state index is 4.36. The van der Waals surface area contributed by atoms with E-state index in [0.29, 0.717) is 11.8 Å². The number of dihydropyridines is 1. The maximum absolute atomic E-state index is 4.36. The van der Waals surface area contributed by atoms with Crippen molar-refractivity contribution < 1.29 is 0 Å². The number of aromatic nitrogens is 2. The summed E-state index contributed by atoms with van der Waals surface area (Å²) >= 11 is 0. The van der Waals surface area contributed by atoms with Crippen LogP contribution in [0.5, 0.6) is 0 Å². The summed E-state index contributed by atoms with van der Waals surface area (Å²) in [7, 11) is 0. The van der Waals surface area contributed by atoms with Gasteiger partial charge in [-0.15, -0.1) is 0 Å². The molecule has 0 amide bonds. The van der Waals surface area contributed by atoms with Crippen LogP contribution in [-0.2, 0) is 6.42 Å². The fraction of sp³-hybridized carbons (Fsp3) is 0.400. The van der Waals surface area contributed by atoms with Crippen molar-refractivity contribution in [2.45, 2.75) is 12.7 Å². The number of nitrogens with zero attached hydrogens (tertiary/aromatic N) is 2. The van der Waals surface area contributed by atoms with Crippen LogP contribution in [0.2, 0.25) is 0 Å². The van der Waals surface area contributed by atoms with Gasteiger partial charge in [0.1, 0.15) is 0 Å². The molecule has 20 heavy (non-hydrogen) atoms. The van der Waals surface area contributed by atoms with Gasteiger partial charge in [0.25, 0.3) is 0 Å². The first-order chi connectivity index (χ1) is 9.92. The molecule has 0 aromatic carbocycles. The number of allylic oxidation sites excluding steroid dienone is 2. The Balaban J connectivity index is 1.49. The molecule has 0 saturated heterocycles. The van der Waals surface area contributed by atoms with Crippen LogP contribution in [0.4, 0.5) is 0 Å². The highest BCUT2D eigenvalue weighted by Crippen LogP contribution is 2.30. The quantitative estimate of drug-likeness (QED) is 0.760. The molecule has 1 aromatic rings. The monoisotopic (exact) mass is 269 g/mol. The first-order valence-corrected chi connectivity index (χ1v) is 7.20. The van der Waals surface area contributed by atoms with E-state index in [4.69, 9.17) is 0 Å². The van der Waals surface area contributed by atoms with Crippen molar-refractivity contribution in [3.05, 3.63) is 41.9 Å². The Labute approximate surface area is 118 Å². The molecule has 0 fully saturated rings. The van der Waals surface area contributed by atoms with Crippen molar-refractivity contribution >= 4 is 12.3 Å². The molecule has 3 N–H and O–H groups in total. The molecule has 0 bridgehead atoms. The maximum Gasteiger partial charge on any atom is 0.173 e. The van der Waals surface area contributed by atoms with Crippen molar-refractivity contribution in [1.82, 2.24) is 20.4 Å².